The molecule has 4 rings (SSSR count). The number of nitrogens with two attached hydrogens (primary N) is 1. The van der Waals surface area contributed by atoms with Gasteiger partial charge in [0, 0.05) is 25.4 Å². The van der Waals surface area contributed by atoms with Crippen LogP contribution in [0.4, 0.5) is 0 Å². The summed E-state index contributed by atoms with van der Waals surface area (Å²) in [5, 5.41) is 4.12. The highest BCUT2D eigenvalue weighted by atomic mass is 16.5. The molecule has 0 atom stereocenters. The van der Waals surface area contributed by atoms with Crippen LogP contribution in [0.5, 0.6) is 11.8 Å². The van der Waals surface area contributed by atoms with Gasteiger partial charge in [-0.15, -0.1) is 0 Å². The predicted molar refractivity (Wildman–Crippen MR) is 94.8 cm³/mol. The minimum Gasteiger partial charge on any atom is -0.424 e. The first-order chi connectivity index (χ1) is 12.8. The summed E-state index contributed by atoms with van der Waals surface area (Å²) in [6, 6.07) is 9.73. The molecule has 0 bridgehead atoms. The van der Waals surface area contributed by atoms with Crippen molar-refractivity contribution in [2.45, 2.75) is 24.7 Å². The summed E-state index contributed by atoms with van der Waals surface area (Å²) in [6.45, 7) is 0.495. The quantitative estimate of drug-likeness (QED) is 0.683. The molecule has 7 heteroatoms. The first kappa shape index (κ1) is 16.4. The fourth-order valence-electron chi connectivity index (χ4n) is 2.97. The summed E-state index contributed by atoms with van der Waals surface area (Å²) in [4.78, 5) is 12.6. The molecule has 2 N–H and O–H groups in total. The smallest absolute Gasteiger partial charge is 0.321 e. The first-order valence-corrected chi connectivity index (χ1v) is 8.49. The van der Waals surface area contributed by atoms with Crippen LogP contribution >= 0.6 is 0 Å². The van der Waals surface area contributed by atoms with Crippen LogP contribution in [-0.4, -0.2) is 26.7 Å². The molecule has 0 fully saturated rings. The number of hydrogen-bond donors (Lipinski definition) is 1. The van der Waals surface area contributed by atoms with Gasteiger partial charge in [-0.05, 0) is 36.6 Å². The van der Waals surface area contributed by atoms with Crippen LogP contribution in [0.25, 0.3) is 0 Å². The molecule has 132 valence electrons. The van der Waals surface area contributed by atoms with E-state index in [0.717, 1.165) is 18.4 Å². The zero-order valence-electron chi connectivity index (χ0n) is 14.2. The minimum absolute atomic E-state index is 0.237. The zero-order valence-corrected chi connectivity index (χ0v) is 14.2. The molecule has 0 unspecified atom stereocenters. The van der Waals surface area contributed by atoms with Gasteiger partial charge in [-0.1, -0.05) is 29.4 Å². The molecule has 1 aliphatic rings. The molecule has 3 aromatic rings. The topological polar surface area (TPSA) is 100.0 Å². The van der Waals surface area contributed by atoms with Crippen molar-refractivity contribution < 1.29 is 9.26 Å². The van der Waals surface area contributed by atoms with Crippen molar-refractivity contribution in [3.63, 3.8) is 0 Å². The number of ether oxygens (including phenoxy) is 1. The Balaban J connectivity index is 1.43. The maximum absolute atomic E-state index is 5.95. The van der Waals surface area contributed by atoms with Crippen molar-refractivity contribution in [3.8, 4) is 11.8 Å². The Morgan fingerprint density at radius 1 is 1.08 bits per heavy atom. The molecule has 1 aliphatic carbocycles. The predicted octanol–water partition coefficient (Wildman–Crippen LogP) is 2.79. The van der Waals surface area contributed by atoms with Crippen molar-refractivity contribution in [1.82, 2.24) is 20.1 Å². The van der Waals surface area contributed by atoms with Gasteiger partial charge in [0.1, 0.15) is 5.75 Å². The van der Waals surface area contributed by atoms with E-state index < -0.39 is 0 Å². The standard InChI is InChI=1S/C19H19N5O2/c20-13-19(8-1-2-9-19)17-23-16(24-26-17)12-14-4-6-15(7-5-14)25-18-21-10-3-11-22-18/h1-7,10-11H,8-9,12-13,20H2. The van der Waals surface area contributed by atoms with Crippen LogP contribution in [0.2, 0.25) is 0 Å². The maximum Gasteiger partial charge on any atom is 0.321 e. The maximum atomic E-state index is 5.95. The lowest BCUT2D eigenvalue weighted by Crippen LogP contribution is -2.32. The van der Waals surface area contributed by atoms with Crippen molar-refractivity contribution in [2.75, 3.05) is 6.54 Å². The zero-order chi connectivity index (χ0) is 17.8. The number of benzene rings is 1. The first-order valence-electron chi connectivity index (χ1n) is 8.49. The Morgan fingerprint density at radius 3 is 2.50 bits per heavy atom. The third-order valence-electron chi connectivity index (χ3n) is 4.53. The molecule has 0 saturated heterocycles. The average Bonchev–Trinajstić information content (AvgIpc) is 3.34. The lowest BCUT2D eigenvalue weighted by atomic mass is 9.85. The molecule has 2 heterocycles. The van der Waals surface area contributed by atoms with Crippen molar-refractivity contribution in [3.05, 3.63) is 72.2 Å². The van der Waals surface area contributed by atoms with Crippen LogP contribution in [-0.2, 0) is 11.8 Å². The monoisotopic (exact) mass is 349 g/mol. The normalized spacial score (nSPS) is 15.3. The number of hydrogen-bond acceptors (Lipinski definition) is 7. The van der Waals surface area contributed by atoms with Gasteiger partial charge in [-0.25, -0.2) is 9.97 Å². The molecule has 1 aromatic carbocycles. The Morgan fingerprint density at radius 2 is 1.81 bits per heavy atom. The summed E-state index contributed by atoms with van der Waals surface area (Å²) >= 11 is 0. The fraction of sp³-hybridized carbons (Fsp3) is 0.263. The van der Waals surface area contributed by atoms with E-state index in [1.807, 2.05) is 24.3 Å². The number of aromatic nitrogens is 4. The van der Waals surface area contributed by atoms with E-state index in [1.165, 1.54) is 0 Å². The van der Waals surface area contributed by atoms with Gasteiger partial charge in [0.2, 0.25) is 5.89 Å². The lowest BCUT2D eigenvalue weighted by Gasteiger charge is -2.21. The van der Waals surface area contributed by atoms with Gasteiger partial charge in [-0.2, -0.15) is 4.98 Å². The number of allylic oxidation sites excluding steroid dienone is 2. The van der Waals surface area contributed by atoms with Gasteiger partial charge in [0.15, 0.2) is 5.82 Å². The van der Waals surface area contributed by atoms with E-state index in [4.69, 9.17) is 15.0 Å². The number of nitrogens with zero attached hydrogens (tertiary/aromatic N) is 4. The van der Waals surface area contributed by atoms with Crippen LogP contribution in [0.1, 0.15) is 30.1 Å². The summed E-state index contributed by atoms with van der Waals surface area (Å²) in [7, 11) is 0. The van der Waals surface area contributed by atoms with E-state index >= 15 is 0 Å². The minimum atomic E-state index is -0.237. The highest BCUT2D eigenvalue weighted by Gasteiger charge is 2.37. The largest absolute Gasteiger partial charge is 0.424 e. The van der Waals surface area contributed by atoms with Gasteiger partial charge in [0.25, 0.3) is 0 Å². The van der Waals surface area contributed by atoms with Crippen LogP contribution in [0, 0.1) is 0 Å². The van der Waals surface area contributed by atoms with Crippen molar-refractivity contribution in [1.29, 1.82) is 0 Å². The van der Waals surface area contributed by atoms with E-state index in [9.17, 15) is 0 Å². The second kappa shape index (κ2) is 7.05. The summed E-state index contributed by atoms with van der Waals surface area (Å²) in [5.74, 6) is 1.95. The Bertz CT molecular complexity index is 882. The Kier molecular flexibility index (Phi) is 4.45. The Labute approximate surface area is 150 Å². The van der Waals surface area contributed by atoms with E-state index in [2.05, 4.69) is 32.3 Å². The Hall–Kier alpha value is -3.06. The second-order valence-corrected chi connectivity index (χ2v) is 6.33. The molecule has 0 aliphatic heterocycles. The molecule has 7 nitrogen and oxygen atoms in total. The summed E-state index contributed by atoms with van der Waals surface area (Å²) < 4.78 is 11.1. The van der Waals surface area contributed by atoms with E-state index in [0.29, 0.717) is 36.4 Å². The third kappa shape index (κ3) is 3.34. The highest BCUT2D eigenvalue weighted by Crippen LogP contribution is 2.35. The SMILES string of the molecule is NCC1(c2nc(Cc3ccc(Oc4ncccn4)cc3)no2)CC=CC1. The summed E-state index contributed by atoms with van der Waals surface area (Å²) in [5.41, 5.74) is 6.77. The molecule has 0 spiro atoms. The molecule has 2 aromatic heterocycles. The molecular weight excluding hydrogens is 330 g/mol. The molecule has 0 amide bonds. The van der Waals surface area contributed by atoms with Gasteiger partial charge in [0.05, 0.1) is 5.41 Å². The fourth-order valence-corrected chi connectivity index (χ4v) is 2.97. The second-order valence-electron chi connectivity index (χ2n) is 6.33. The van der Waals surface area contributed by atoms with Crippen molar-refractivity contribution in [2.24, 2.45) is 5.73 Å². The molecule has 0 radical (unpaired) electrons. The highest BCUT2D eigenvalue weighted by molar-refractivity contribution is 5.30. The molecular formula is C19H19N5O2. The van der Waals surface area contributed by atoms with E-state index in [1.54, 1.807) is 18.5 Å². The van der Waals surface area contributed by atoms with E-state index in [-0.39, 0.29) is 5.41 Å². The third-order valence-corrected chi connectivity index (χ3v) is 4.53. The lowest BCUT2D eigenvalue weighted by molar-refractivity contribution is 0.289. The summed E-state index contributed by atoms with van der Waals surface area (Å²) in [6.07, 6.45) is 9.78. The average molecular weight is 349 g/mol. The van der Waals surface area contributed by atoms with Gasteiger partial charge < -0.3 is 15.0 Å². The van der Waals surface area contributed by atoms with Gasteiger partial charge in [-0.3, -0.25) is 0 Å². The number of rotatable bonds is 6. The van der Waals surface area contributed by atoms with Crippen LogP contribution < -0.4 is 10.5 Å². The molecule has 0 saturated carbocycles. The van der Waals surface area contributed by atoms with Crippen LogP contribution in [0.3, 0.4) is 0 Å². The van der Waals surface area contributed by atoms with Crippen molar-refractivity contribution >= 4 is 0 Å². The van der Waals surface area contributed by atoms with Crippen LogP contribution in [0.15, 0.2) is 59.4 Å². The molecule has 26 heavy (non-hydrogen) atoms. The van der Waals surface area contributed by atoms with Gasteiger partial charge >= 0.3 is 6.01 Å².